The van der Waals surface area contributed by atoms with Gasteiger partial charge in [-0.1, -0.05) is 27.7 Å². The minimum Gasteiger partial charge on any atom is -0.383 e. The fourth-order valence-corrected chi connectivity index (χ4v) is 2.78. The second-order valence-electron chi connectivity index (χ2n) is 6.87. The van der Waals surface area contributed by atoms with Crippen molar-refractivity contribution in [2.24, 2.45) is 11.8 Å². The molecule has 1 saturated heterocycles. The van der Waals surface area contributed by atoms with Gasteiger partial charge in [-0.3, -0.25) is 10.1 Å². The van der Waals surface area contributed by atoms with Crippen LogP contribution in [0, 0.1) is 11.8 Å². The normalized spacial score (nSPS) is 23.1. The van der Waals surface area contributed by atoms with Crippen LogP contribution in [0.25, 0.3) is 0 Å². The van der Waals surface area contributed by atoms with E-state index in [2.05, 4.69) is 45.0 Å². The molecule has 1 amide bonds. The maximum Gasteiger partial charge on any atom is 0.241 e. The van der Waals surface area contributed by atoms with E-state index in [1.165, 1.54) is 0 Å². The van der Waals surface area contributed by atoms with E-state index in [4.69, 9.17) is 4.74 Å². The molecule has 2 atom stereocenters. The second kappa shape index (κ2) is 8.71. The third-order valence-electron chi connectivity index (χ3n) is 4.03. The quantitative estimate of drug-likeness (QED) is 0.699. The Bertz CT molecular complexity index is 321. The lowest BCUT2D eigenvalue weighted by Crippen LogP contribution is -2.44. The predicted molar refractivity (Wildman–Crippen MR) is 86.1 cm³/mol. The summed E-state index contributed by atoms with van der Waals surface area (Å²) in [5.41, 5.74) is 0. The number of hydrogen-bond acceptors (Lipinski definition) is 4. The largest absolute Gasteiger partial charge is 0.383 e. The highest BCUT2D eigenvalue weighted by Gasteiger charge is 2.39. The number of methoxy groups -OCH3 is 1. The summed E-state index contributed by atoms with van der Waals surface area (Å²) in [5, 5.41) is 3.52. The van der Waals surface area contributed by atoms with Gasteiger partial charge in [-0.25, -0.2) is 0 Å². The van der Waals surface area contributed by atoms with Gasteiger partial charge in [0.15, 0.2) is 0 Å². The molecule has 21 heavy (non-hydrogen) atoms. The summed E-state index contributed by atoms with van der Waals surface area (Å²) in [5.74, 6) is 1.22. The van der Waals surface area contributed by atoms with Gasteiger partial charge >= 0.3 is 0 Å². The smallest absolute Gasteiger partial charge is 0.241 e. The molecule has 0 spiro atoms. The molecule has 1 rings (SSSR count). The van der Waals surface area contributed by atoms with Crippen LogP contribution in [0.3, 0.4) is 0 Å². The Morgan fingerprint density at radius 3 is 2.48 bits per heavy atom. The molecule has 1 aliphatic heterocycles. The number of nitrogens with one attached hydrogen (secondary N) is 1. The molecule has 2 unspecified atom stereocenters. The Balaban J connectivity index is 2.57. The molecule has 5 heteroatoms. The molecule has 1 heterocycles. The molecule has 124 valence electrons. The van der Waals surface area contributed by atoms with Crippen molar-refractivity contribution in [1.29, 1.82) is 0 Å². The molecular formula is C16H33N3O2. The minimum atomic E-state index is -0.0123. The van der Waals surface area contributed by atoms with Crippen LogP contribution in [0.15, 0.2) is 0 Å². The summed E-state index contributed by atoms with van der Waals surface area (Å²) < 4.78 is 5.09. The van der Waals surface area contributed by atoms with E-state index in [1.807, 2.05) is 4.90 Å². The first-order valence-corrected chi connectivity index (χ1v) is 8.10. The molecule has 0 bridgehead atoms. The van der Waals surface area contributed by atoms with Crippen LogP contribution in [0.5, 0.6) is 0 Å². The van der Waals surface area contributed by atoms with E-state index >= 15 is 0 Å². The highest BCUT2D eigenvalue weighted by Crippen LogP contribution is 2.21. The van der Waals surface area contributed by atoms with Gasteiger partial charge < -0.3 is 14.5 Å². The molecule has 1 aliphatic rings. The average Bonchev–Trinajstić information content (AvgIpc) is 2.70. The van der Waals surface area contributed by atoms with Gasteiger partial charge in [0.2, 0.25) is 5.91 Å². The topological polar surface area (TPSA) is 44.8 Å². The number of hydrogen-bond donors (Lipinski definition) is 1. The summed E-state index contributed by atoms with van der Waals surface area (Å²) in [7, 11) is 3.79. The van der Waals surface area contributed by atoms with Crippen LogP contribution in [-0.2, 0) is 9.53 Å². The summed E-state index contributed by atoms with van der Waals surface area (Å²) in [6.07, 6.45) is 1.08. The third-order valence-corrected chi connectivity index (χ3v) is 4.03. The van der Waals surface area contributed by atoms with Crippen molar-refractivity contribution in [2.75, 3.05) is 40.4 Å². The first-order chi connectivity index (χ1) is 9.86. The van der Waals surface area contributed by atoms with Crippen LogP contribution in [0.4, 0.5) is 0 Å². The monoisotopic (exact) mass is 299 g/mol. The molecular weight excluding hydrogens is 266 g/mol. The Morgan fingerprint density at radius 1 is 1.29 bits per heavy atom. The predicted octanol–water partition coefficient (Wildman–Crippen LogP) is 1.39. The zero-order valence-electron chi connectivity index (χ0n) is 14.6. The van der Waals surface area contributed by atoms with E-state index in [0.29, 0.717) is 11.8 Å². The first kappa shape index (κ1) is 18.4. The molecule has 0 aromatic rings. The number of likely N-dealkylation sites (N-methyl/N-ethyl adjacent to an activating group) is 1. The fraction of sp³-hybridized carbons (Fsp3) is 0.938. The van der Waals surface area contributed by atoms with E-state index in [9.17, 15) is 4.79 Å². The third kappa shape index (κ3) is 5.57. The summed E-state index contributed by atoms with van der Waals surface area (Å²) >= 11 is 0. The van der Waals surface area contributed by atoms with Crippen molar-refractivity contribution in [3.63, 3.8) is 0 Å². The summed E-state index contributed by atoms with van der Waals surface area (Å²) in [6.45, 7) is 12.0. The molecule has 0 aromatic carbocycles. The van der Waals surface area contributed by atoms with E-state index in [-0.39, 0.29) is 18.1 Å². The lowest BCUT2D eigenvalue weighted by molar-refractivity contribution is -0.131. The second-order valence-corrected chi connectivity index (χ2v) is 6.87. The van der Waals surface area contributed by atoms with Gasteiger partial charge in [-0.15, -0.1) is 0 Å². The molecule has 0 radical (unpaired) electrons. The highest BCUT2D eigenvalue weighted by molar-refractivity contribution is 5.84. The Morgan fingerprint density at radius 2 is 1.95 bits per heavy atom. The van der Waals surface area contributed by atoms with Crippen LogP contribution in [0.1, 0.15) is 34.1 Å². The minimum absolute atomic E-state index is 0.0123. The molecule has 1 fully saturated rings. The number of carbonyl (C=O) groups excluding carboxylic acids is 1. The van der Waals surface area contributed by atoms with Gasteiger partial charge in [0, 0.05) is 26.7 Å². The van der Waals surface area contributed by atoms with Crippen molar-refractivity contribution in [2.45, 2.75) is 46.3 Å². The summed E-state index contributed by atoms with van der Waals surface area (Å²) in [6, 6.07) is -0.0123. The molecule has 0 aliphatic carbocycles. The number of carbonyl (C=O) groups is 1. The number of ether oxygens (including phenoxy) is 1. The van der Waals surface area contributed by atoms with Gasteiger partial charge in [-0.05, 0) is 25.3 Å². The maximum absolute atomic E-state index is 12.6. The number of rotatable bonds is 9. The number of nitrogens with zero attached hydrogens (tertiary/aromatic N) is 2. The van der Waals surface area contributed by atoms with Crippen molar-refractivity contribution in [3.05, 3.63) is 0 Å². The van der Waals surface area contributed by atoms with Gasteiger partial charge in [-0.2, -0.15) is 0 Å². The van der Waals surface area contributed by atoms with Crippen LogP contribution >= 0.6 is 0 Å². The average molecular weight is 299 g/mol. The highest BCUT2D eigenvalue weighted by atomic mass is 16.5. The van der Waals surface area contributed by atoms with Crippen molar-refractivity contribution in [1.82, 2.24) is 15.1 Å². The van der Waals surface area contributed by atoms with Gasteiger partial charge in [0.1, 0.15) is 0 Å². The lowest BCUT2D eigenvalue weighted by atomic mass is 10.0. The van der Waals surface area contributed by atoms with Crippen LogP contribution in [0.2, 0.25) is 0 Å². The first-order valence-electron chi connectivity index (χ1n) is 8.10. The zero-order chi connectivity index (χ0) is 16.0. The van der Waals surface area contributed by atoms with Crippen LogP contribution < -0.4 is 5.32 Å². The zero-order valence-corrected chi connectivity index (χ0v) is 14.6. The lowest BCUT2D eigenvalue weighted by Gasteiger charge is -2.29. The Kier molecular flexibility index (Phi) is 7.63. The Labute approximate surface area is 130 Å². The van der Waals surface area contributed by atoms with Crippen molar-refractivity contribution in [3.8, 4) is 0 Å². The van der Waals surface area contributed by atoms with E-state index < -0.39 is 0 Å². The van der Waals surface area contributed by atoms with E-state index in [1.54, 1.807) is 7.11 Å². The summed E-state index contributed by atoms with van der Waals surface area (Å²) in [4.78, 5) is 16.8. The van der Waals surface area contributed by atoms with Gasteiger partial charge in [0.05, 0.1) is 18.8 Å². The Hall–Kier alpha value is -0.650. The molecule has 5 nitrogen and oxygen atoms in total. The fourth-order valence-electron chi connectivity index (χ4n) is 2.78. The molecule has 1 N–H and O–H groups in total. The van der Waals surface area contributed by atoms with Gasteiger partial charge in [0.25, 0.3) is 0 Å². The molecule has 0 saturated carbocycles. The molecule has 0 aromatic heterocycles. The number of amides is 1. The van der Waals surface area contributed by atoms with Crippen molar-refractivity contribution >= 4 is 5.91 Å². The SMILES string of the molecule is COCCN(C)CCN1C(=O)C(CC(C)C)NC1C(C)C. The van der Waals surface area contributed by atoms with Crippen LogP contribution in [-0.4, -0.2) is 68.3 Å². The maximum atomic E-state index is 12.6. The van der Waals surface area contributed by atoms with Crippen molar-refractivity contribution < 1.29 is 9.53 Å². The standard InChI is InChI=1S/C16H33N3O2/c1-12(2)11-14-16(20)19(15(17-14)13(3)4)8-7-18(5)9-10-21-6/h12-15,17H,7-11H2,1-6H3. The van der Waals surface area contributed by atoms with E-state index in [0.717, 1.165) is 32.7 Å².